The van der Waals surface area contributed by atoms with Crippen LogP contribution in [0.1, 0.15) is 24.5 Å². The number of thioether (sulfide) groups is 1. The lowest BCUT2D eigenvalue weighted by Gasteiger charge is -2.12. The summed E-state index contributed by atoms with van der Waals surface area (Å²) in [6.45, 7) is 1.94. The van der Waals surface area contributed by atoms with E-state index in [1.54, 1.807) is 6.07 Å². The Morgan fingerprint density at radius 2 is 2.00 bits per heavy atom. The van der Waals surface area contributed by atoms with Gasteiger partial charge in [-0.3, -0.25) is 0 Å². The Morgan fingerprint density at radius 1 is 1.29 bits per heavy atom. The number of hydrogen-bond donors (Lipinski definition) is 0. The molecule has 0 aliphatic rings. The zero-order chi connectivity index (χ0) is 12.9. The van der Waals surface area contributed by atoms with E-state index < -0.39 is 5.51 Å². The Hall–Kier alpha value is -0.160. The topological polar surface area (TPSA) is 0 Å². The predicted molar refractivity (Wildman–Crippen MR) is 69.8 cm³/mol. The Labute approximate surface area is 112 Å². The highest BCUT2D eigenvalue weighted by molar-refractivity contribution is 9.09. The van der Waals surface area contributed by atoms with Crippen molar-refractivity contribution in [3.05, 3.63) is 29.3 Å². The molecule has 1 aromatic rings. The molecular formula is C12H14BrF3S. The molecule has 0 unspecified atom stereocenters. The highest BCUT2D eigenvalue weighted by atomic mass is 79.9. The maximum absolute atomic E-state index is 12.4. The van der Waals surface area contributed by atoms with E-state index in [4.69, 9.17) is 0 Å². The van der Waals surface area contributed by atoms with Crippen LogP contribution in [-0.2, 0) is 12.8 Å². The van der Waals surface area contributed by atoms with Crippen molar-refractivity contribution in [1.29, 1.82) is 0 Å². The summed E-state index contributed by atoms with van der Waals surface area (Å²) in [5.74, 6) is 0. The smallest absolute Gasteiger partial charge is 0.160 e. The summed E-state index contributed by atoms with van der Waals surface area (Å²) in [6.07, 6.45) is 2.27. The molecule has 5 heteroatoms. The molecule has 0 aliphatic heterocycles. The first kappa shape index (κ1) is 14.9. The number of hydrogen-bond acceptors (Lipinski definition) is 1. The lowest BCUT2D eigenvalue weighted by Crippen LogP contribution is -2.02. The van der Waals surface area contributed by atoms with E-state index in [2.05, 4.69) is 15.9 Å². The molecule has 0 nitrogen and oxygen atoms in total. The van der Waals surface area contributed by atoms with E-state index in [1.807, 2.05) is 19.1 Å². The lowest BCUT2D eigenvalue weighted by molar-refractivity contribution is -0.0328. The fourth-order valence-corrected chi connectivity index (χ4v) is 2.54. The molecule has 0 atom stereocenters. The van der Waals surface area contributed by atoms with Gasteiger partial charge in [-0.1, -0.05) is 35.0 Å². The second kappa shape index (κ2) is 6.69. The molecular weight excluding hydrogens is 313 g/mol. The quantitative estimate of drug-likeness (QED) is 0.530. The summed E-state index contributed by atoms with van der Waals surface area (Å²) in [6, 6.07) is 5.38. The van der Waals surface area contributed by atoms with Gasteiger partial charge in [0.15, 0.2) is 0 Å². The van der Waals surface area contributed by atoms with Crippen molar-refractivity contribution in [2.75, 3.05) is 5.33 Å². The van der Waals surface area contributed by atoms with Gasteiger partial charge in [0.1, 0.15) is 0 Å². The minimum absolute atomic E-state index is 0.00797. The molecule has 0 N–H and O–H groups in total. The van der Waals surface area contributed by atoms with Crippen LogP contribution in [-0.4, -0.2) is 10.8 Å². The minimum atomic E-state index is -4.21. The van der Waals surface area contributed by atoms with E-state index in [1.165, 1.54) is 0 Å². The number of aryl methyl sites for hydroxylation is 2. The largest absolute Gasteiger partial charge is 0.446 e. The van der Waals surface area contributed by atoms with Crippen LogP contribution in [0.5, 0.6) is 0 Å². The molecule has 0 saturated heterocycles. The first-order valence-electron chi connectivity index (χ1n) is 5.39. The summed E-state index contributed by atoms with van der Waals surface area (Å²) >= 11 is 3.28. The van der Waals surface area contributed by atoms with Gasteiger partial charge in [0.05, 0.1) is 0 Å². The highest BCUT2D eigenvalue weighted by Gasteiger charge is 2.30. The molecule has 0 aromatic heterocycles. The van der Waals surface area contributed by atoms with E-state index >= 15 is 0 Å². The summed E-state index contributed by atoms with van der Waals surface area (Å²) in [5, 5.41) is 0.804. The Morgan fingerprint density at radius 3 is 2.53 bits per heavy atom. The van der Waals surface area contributed by atoms with Crippen LogP contribution in [0.4, 0.5) is 13.2 Å². The van der Waals surface area contributed by atoms with Crippen LogP contribution < -0.4 is 0 Å². The molecule has 0 spiro atoms. The SMILES string of the molecule is CCc1ccc(CCCBr)c(SC(F)(F)F)c1. The maximum atomic E-state index is 12.4. The third-order valence-corrected chi connectivity index (χ3v) is 3.74. The van der Waals surface area contributed by atoms with Crippen molar-refractivity contribution in [2.24, 2.45) is 0 Å². The van der Waals surface area contributed by atoms with Crippen molar-refractivity contribution in [3.8, 4) is 0 Å². The Kier molecular flexibility index (Phi) is 5.86. The molecule has 17 heavy (non-hydrogen) atoms. The van der Waals surface area contributed by atoms with Crippen molar-refractivity contribution >= 4 is 27.7 Å². The predicted octanol–water partition coefficient (Wildman–Crippen LogP) is 5.19. The van der Waals surface area contributed by atoms with Crippen LogP contribution in [0.25, 0.3) is 0 Å². The van der Waals surface area contributed by atoms with E-state index in [0.717, 1.165) is 29.3 Å². The van der Waals surface area contributed by atoms with Crippen LogP contribution in [0.3, 0.4) is 0 Å². The average Bonchev–Trinajstić information content (AvgIpc) is 2.25. The van der Waals surface area contributed by atoms with Crippen molar-refractivity contribution in [1.82, 2.24) is 0 Å². The molecule has 0 fully saturated rings. The Bertz CT molecular complexity index is 363. The molecule has 0 bridgehead atoms. The average molecular weight is 327 g/mol. The number of benzene rings is 1. The molecule has 1 rings (SSSR count). The highest BCUT2D eigenvalue weighted by Crippen LogP contribution is 2.39. The molecule has 0 radical (unpaired) electrons. The third kappa shape index (κ3) is 5.34. The molecule has 0 amide bonds. The summed E-state index contributed by atoms with van der Waals surface area (Å²) in [4.78, 5) is 0.345. The summed E-state index contributed by atoms with van der Waals surface area (Å²) in [7, 11) is 0. The second-order valence-corrected chi connectivity index (χ2v) is 5.54. The van der Waals surface area contributed by atoms with Gasteiger partial charge in [0.25, 0.3) is 0 Å². The molecule has 96 valence electrons. The number of alkyl halides is 4. The van der Waals surface area contributed by atoms with E-state index in [9.17, 15) is 13.2 Å². The zero-order valence-corrected chi connectivity index (χ0v) is 11.9. The first-order valence-corrected chi connectivity index (χ1v) is 7.33. The van der Waals surface area contributed by atoms with Gasteiger partial charge in [-0.2, -0.15) is 13.2 Å². The number of rotatable bonds is 5. The number of halogens is 4. The summed E-state index contributed by atoms with van der Waals surface area (Å²) in [5.41, 5.74) is -2.49. The van der Waals surface area contributed by atoms with Gasteiger partial charge in [0, 0.05) is 10.2 Å². The van der Waals surface area contributed by atoms with Crippen molar-refractivity contribution in [2.45, 2.75) is 36.6 Å². The fourth-order valence-electron chi connectivity index (χ4n) is 1.50. The summed E-state index contributed by atoms with van der Waals surface area (Å²) < 4.78 is 37.3. The van der Waals surface area contributed by atoms with Gasteiger partial charge in [-0.25, -0.2) is 0 Å². The lowest BCUT2D eigenvalue weighted by atomic mass is 10.1. The van der Waals surface area contributed by atoms with Crippen molar-refractivity contribution in [3.63, 3.8) is 0 Å². The van der Waals surface area contributed by atoms with Gasteiger partial charge in [-0.05, 0) is 48.2 Å². The van der Waals surface area contributed by atoms with Crippen LogP contribution in [0.2, 0.25) is 0 Å². The Balaban J connectivity index is 2.94. The molecule has 0 aliphatic carbocycles. The van der Waals surface area contributed by atoms with Crippen molar-refractivity contribution < 1.29 is 13.2 Å². The fraction of sp³-hybridized carbons (Fsp3) is 0.500. The van der Waals surface area contributed by atoms with Crippen LogP contribution in [0.15, 0.2) is 23.1 Å². The van der Waals surface area contributed by atoms with Gasteiger partial charge in [-0.15, -0.1) is 0 Å². The molecule has 1 aromatic carbocycles. The van der Waals surface area contributed by atoms with Crippen LogP contribution in [0, 0.1) is 0 Å². The monoisotopic (exact) mass is 326 g/mol. The van der Waals surface area contributed by atoms with E-state index in [-0.39, 0.29) is 11.8 Å². The van der Waals surface area contributed by atoms with Crippen LogP contribution >= 0.6 is 27.7 Å². The minimum Gasteiger partial charge on any atom is -0.160 e. The van der Waals surface area contributed by atoms with E-state index in [0.29, 0.717) is 11.3 Å². The molecule has 0 heterocycles. The van der Waals surface area contributed by atoms with Gasteiger partial charge >= 0.3 is 5.51 Å². The maximum Gasteiger partial charge on any atom is 0.446 e. The van der Waals surface area contributed by atoms with Gasteiger partial charge in [0.2, 0.25) is 0 Å². The standard InChI is InChI=1S/C12H14BrF3S/c1-2-9-5-6-10(4-3-7-13)11(8-9)17-12(14,15)16/h5-6,8H,2-4,7H2,1H3. The first-order chi connectivity index (χ1) is 7.96. The normalized spacial score (nSPS) is 11.8. The zero-order valence-electron chi connectivity index (χ0n) is 9.48. The second-order valence-electron chi connectivity index (χ2n) is 3.64. The molecule has 0 saturated carbocycles. The van der Waals surface area contributed by atoms with Gasteiger partial charge < -0.3 is 0 Å². The third-order valence-electron chi connectivity index (χ3n) is 2.35.